The summed E-state index contributed by atoms with van der Waals surface area (Å²) in [5, 5.41) is 19.7. The second-order valence-electron chi connectivity index (χ2n) is 1.98. The maximum Gasteiger partial charge on any atom is 0.353 e. The van der Waals surface area contributed by atoms with Crippen LogP contribution in [0.4, 0.5) is 0 Å². The molecular formula is C5H5NO5. The van der Waals surface area contributed by atoms with E-state index in [1.54, 1.807) is 0 Å². The summed E-state index contributed by atoms with van der Waals surface area (Å²) in [6, 6.07) is 0. The van der Waals surface area contributed by atoms with Gasteiger partial charge >= 0.3 is 11.9 Å². The lowest BCUT2D eigenvalue weighted by molar-refractivity contribution is -0.148. The number of aliphatic carboxylic acids is 2. The topological polar surface area (TPSA) is 96.2 Å². The van der Waals surface area contributed by atoms with Crippen molar-refractivity contribution >= 4 is 17.7 Å². The van der Waals surface area contributed by atoms with Gasteiger partial charge in [-0.3, -0.25) is 0 Å². The fourth-order valence-electron chi connectivity index (χ4n) is 0.636. The van der Waals surface area contributed by atoms with Crippen LogP contribution in [0, 0.1) is 0 Å². The molecule has 0 aromatic heterocycles. The van der Waals surface area contributed by atoms with Crippen molar-refractivity contribution in [3.63, 3.8) is 0 Å². The third-order valence-corrected chi connectivity index (χ3v) is 1.19. The van der Waals surface area contributed by atoms with Crippen molar-refractivity contribution in [3.05, 3.63) is 0 Å². The minimum absolute atomic E-state index is 0.176. The van der Waals surface area contributed by atoms with Crippen molar-refractivity contribution in [1.82, 2.24) is 0 Å². The van der Waals surface area contributed by atoms with Crippen LogP contribution in [0.2, 0.25) is 0 Å². The highest BCUT2D eigenvalue weighted by atomic mass is 16.7. The molecule has 6 heteroatoms. The van der Waals surface area contributed by atoms with E-state index in [0.717, 1.165) is 0 Å². The molecule has 0 spiro atoms. The lowest BCUT2D eigenvalue weighted by Crippen LogP contribution is -2.21. The molecular weight excluding hydrogens is 154 g/mol. The van der Waals surface area contributed by atoms with Gasteiger partial charge in [0.15, 0.2) is 5.71 Å². The highest BCUT2D eigenvalue weighted by Crippen LogP contribution is 2.10. The van der Waals surface area contributed by atoms with E-state index in [0.29, 0.717) is 0 Å². The Labute approximate surface area is 61.1 Å². The molecule has 2 N–H and O–H groups in total. The molecule has 60 valence electrons. The number of carboxylic acids is 2. The first-order valence-corrected chi connectivity index (χ1v) is 2.80. The molecule has 0 saturated carbocycles. The summed E-state index contributed by atoms with van der Waals surface area (Å²) in [4.78, 5) is 24.6. The van der Waals surface area contributed by atoms with Crippen molar-refractivity contribution in [2.45, 2.75) is 12.5 Å². The second-order valence-corrected chi connectivity index (χ2v) is 1.98. The summed E-state index contributed by atoms with van der Waals surface area (Å²) < 4.78 is 0. The van der Waals surface area contributed by atoms with E-state index in [2.05, 4.69) is 9.99 Å². The van der Waals surface area contributed by atoms with Gasteiger partial charge in [-0.25, -0.2) is 9.59 Å². The molecule has 0 aromatic rings. The van der Waals surface area contributed by atoms with Crippen LogP contribution in [-0.4, -0.2) is 34.0 Å². The Morgan fingerprint density at radius 3 is 2.45 bits per heavy atom. The van der Waals surface area contributed by atoms with Gasteiger partial charge in [-0.2, -0.15) is 0 Å². The minimum atomic E-state index is -1.24. The van der Waals surface area contributed by atoms with Gasteiger partial charge in [-0.1, -0.05) is 5.16 Å². The number of carboxylic acid groups (broad SMARTS) is 2. The monoisotopic (exact) mass is 159 g/mol. The van der Waals surface area contributed by atoms with Gasteiger partial charge < -0.3 is 15.1 Å². The molecule has 0 saturated heterocycles. The maximum atomic E-state index is 10.2. The first-order chi connectivity index (χ1) is 5.11. The molecule has 1 aliphatic heterocycles. The van der Waals surface area contributed by atoms with E-state index >= 15 is 0 Å². The Kier molecular flexibility index (Phi) is 1.75. The summed E-state index contributed by atoms with van der Waals surface area (Å²) in [5.41, 5.74) is -0.252. The zero-order valence-corrected chi connectivity index (χ0v) is 5.35. The summed E-state index contributed by atoms with van der Waals surface area (Å²) in [7, 11) is 0. The Balaban J connectivity index is 2.56. The lowest BCUT2D eigenvalue weighted by atomic mass is 10.2. The van der Waals surface area contributed by atoms with Gasteiger partial charge in [0.1, 0.15) is 0 Å². The van der Waals surface area contributed by atoms with Crippen LogP contribution in [0.5, 0.6) is 0 Å². The number of carbonyl (C=O) groups is 2. The van der Waals surface area contributed by atoms with E-state index in [9.17, 15) is 9.59 Å². The number of nitrogens with zero attached hydrogens (tertiary/aromatic N) is 1. The van der Waals surface area contributed by atoms with Gasteiger partial charge in [0.25, 0.3) is 0 Å². The third kappa shape index (κ3) is 1.46. The molecule has 1 atom stereocenters. The highest BCUT2D eigenvalue weighted by Gasteiger charge is 2.30. The fourth-order valence-corrected chi connectivity index (χ4v) is 0.636. The Morgan fingerprint density at radius 1 is 1.55 bits per heavy atom. The fraction of sp³-hybridized carbons (Fsp3) is 0.400. The highest BCUT2D eigenvalue weighted by molar-refractivity contribution is 6.36. The van der Waals surface area contributed by atoms with Crippen LogP contribution in [0.1, 0.15) is 6.42 Å². The minimum Gasteiger partial charge on any atom is -0.478 e. The Morgan fingerprint density at radius 2 is 2.18 bits per heavy atom. The van der Waals surface area contributed by atoms with E-state index in [-0.39, 0.29) is 12.1 Å². The van der Waals surface area contributed by atoms with Crippen molar-refractivity contribution in [1.29, 1.82) is 0 Å². The largest absolute Gasteiger partial charge is 0.478 e. The predicted octanol–water partition coefficient (Wildman–Crippen LogP) is -0.700. The summed E-state index contributed by atoms with van der Waals surface area (Å²) in [6.07, 6.45) is -1.31. The van der Waals surface area contributed by atoms with Crippen molar-refractivity contribution in [3.8, 4) is 0 Å². The molecule has 1 heterocycles. The lowest BCUT2D eigenvalue weighted by Gasteiger charge is -1.97. The predicted molar refractivity (Wildman–Crippen MR) is 32.2 cm³/mol. The number of hydrogen-bond donors (Lipinski definition) is 2. The smallest absolute Gasteiger partial charge is 0.353 e. The number of oxime groups is 1. The summed E-state index contributed by atoms with van der Waals surface area (Å²) in [5.74, 6) is -2.45. The van der Waals surface area contributed by atoms with Crippen molar-refractivity contribution in [2.24, 2.45) is 5.16 Å². The molecule has 11 heavy (non-hydrogen) atoms. The number of rotatable bonds is 2. The molecule has 0 radical (unpaired) electrons. The zero-order chi connectivity index (χ0) is 8.43. The Bertz CT molecular complexity index is 233. The maximum absolute atomic E-state index is 10.2. The van der Waals surface area contributed by atoms with Crippen LogP contribution in [0.3, 0.4) is 0 Å². The van der Waals surface area contributed by atoms with Gasteiger partial charge in [-0.15, -0.1) is 0 Å². The first-order valence-electron chi connectivity index (χ1n) is 2.80. The molecule has 1 unspecified atom stereocenters. The van der Waals surface area contributed by atoms with Gasteiger partial charge in [0.2, 0.25) is 6.10 Å². The first kappa shape index (κ1) is 7.52. The van der Waals surface area contributed by atoms with Crippen LogP contribution < -0.4 is 0 Å². The van der Waals surface area contributed by atoms with Crippen molar-refractivity contribution < 1.29 is 24.6 Å². The standard InChI is InChI=1S/C5H5NO5/c7-4(8)2-1-3(5(9)10)11-6-2/h3H,1H2,(H,7,8)(H,9,10). The third-order valence-electron chi connectivity index (χ3n) is 1.19. The molecule has 0 bridgehead atoms. The molecule has 0 aliphatic carbocycles. The Hall–Kier alpha value is -1.59. The summed E-state index contributed by atoms with van der Waals surface area (Å²) in [6.45, 7) is 0. The molecule has 6 nitrogen and oxygen atoms in total. The zero-order valence-electron chi connectivity index (χ0n) is 5.35. The molecule has 0 fully saturated rings. The SMILES string of the molecule is O=C(O)C1=NOC(C(=O)O)C1. The molecule has 1 aliphatic rings. The van der Waals surface area contributed by atoms with Crippen LogP contribution in [0.25, 0.3) is 0 Å². The van der Waals surface area contributed by atoms with E-state index in [1.165, 1.54) is 0 Å². The molecule has 0 amide bonds. The van der Waals surface area contributed by atoms with E-state index in [4.69, 9.17) is 10.2 Å². The van der Waals surface area contributed by atoms with Crippen LogP contribution in [-0.2, 0) is 14.4 Å². The average Bonchev–Trinajstić information content (AvgIpc) is 2.33. The number of hydrogen-bond acceptors (Lipinski definition) is 4. The van der Waals surface area contributed by atoms with Crippen LogP contribution in [0.15, 0.2) is 5.16 Å². The van der Waals surface area contributed by atoms with Crippen molar-refractivity contribution in [2.75, 3.05) is 0 Å². The van der Waals surface area contributed by atoms with Gasteiger partial charge in [0.05, 0.1) is 6.42 Å². The normalized spacial score (nSPS) is 22.2. The second kappa shape index (κ2) is 2.57. The summed E-state index contributed by atoms with van der Waals surface area (Å²) >= 11 is 0. The van der Waals surface area contributed by atoms with Crippen LogP contribution >= 0.6 is 0 Å². The quantitative estimate of drug-likeness (QED) is 0.555. The van der Waals surface area contributed by atoms with E-state index in [1.807, 2.05) is 0 Å². The van der Waals surface area contributed by atoms with Gasteiger partial charge in [0, 0.05) is 0 Å². The molecule has 0 aromatic carbocycles. The van der Waals surface area contributed by atoms with Gasteiger partial charge in [-0.05, 0) is 0 Å². The average molecular weight is 159 g/mol. The molecule has 1 rings (SSSR count). The van der Waals surface area contributed by atoms with E-state index < -0.39 is 18.0 Å².